The van der Waals surface area contributed by atoms with Crippen LogP contribution in [0.25, 0.3) is 11.1 Å². The van der Waals surface area contributed by atoms with Crippen molar-refractivity contribution in [3.05, 3.63) is 89.0 Å². The maximum absolute atomic E-state index is 11.1. The van der Waals surface area contributed by atoms with Crippen LogP contribution in [-0.4, -0.2) is 16.2 Å². The number of para-hydroxylation sites is 1. The molecule has 3 aromatic rings. The van der Waals surface area contributed by atoms with Crippen LogP contribution in [0.3, 0.4) is 0 Å². The number of carbonyl (C=O) groups is 1. The molecule has 0 radical (unpaired) electrons. The zero-order valence-corrected chi connectivity index (χ0v) is 17.8. The predicted molar refractivity (Wildman–Crippen MR) is 122 cm³/mol. The topological polar surface area (TPSA) is 92.8 Å². The van der Waals surface area contributed by atoms with E-state index in [1.165, 1.54) is 0 Å². The number of hydrogen-bond donors (Lipinski definition) is 3. The van der Waals surface area contributed by atoms with E-state index >= 15 is 0 Å². The number of carboxylic acid groups (broad SMARTS) is 1. The molecule has 0 fully saturated rings. The minimum absolute atomic E-state index is 0.000449. The Balaban J connectivity index is 1.85. The summed E-state index contributed by atoms with van der Waals surface area (Å²) >= 11 is 0. The van der Waals surface area contributed by atoms with Crippen molar-refractivity contribution in [3.8, 4) is 16.9 Å². The molecule has 0 aliphatic carbocycles. The molecule has 0 aliphatic rings. The fourth-order valence-electron chi connectivity index (χ4n) is 3.65. The molecule has 162 valence electrons. The Morgan fingerprint density at radius 1 is 1.00 bits per heavy atom. The van der Waals surface area contributed by atoms with Gasteiger partial charge in [0.1, 0.15) is 12.4 Å². The predicted octanol–water partition coefficient (Wildman–Crippen LogP) is 4.85. The van der Waals surface area contributed by atoms with Crippen molar-refractivity contribution in [2.24, 2.45) is 5.73 Å². The maximum atomic E-state index is 11.1. The van der Waals surface area contributed by atoms with Crippen molar-refractivity contribution < 1.29 is 19.7 Å². The summed E-state index contributed by atoms with van der Waals surface area (Å²) in [7, 11) is 0. The largest absolute Gasteiger partial charge is 0.489 e. The molecule has 3 rings (SSSR count). The number of aliphatic carboxylic acids is 1. The minimum Gasteiger partial charge on any atom is -0.489 e. The van der Waals surface area contributed by atoms with Crippen molar-refractivity contribution in [1.82, 2.24) is 0 Å². The van der Waals surface area contributed by atoms with Crippen molar-refractivity contribution in [1.29, 1.82) is 0 Å². The Morgan fingerprint density at radius 3 is 2.52 bits per heavy atom. The third kappa shape index (κ3) is 6.17. The SMILES string of the molecule is CCC[C@@H](N)c1cccc(-c2cc(CO)cc(COc3ccccc3CC(=O)O)c2)c1. The van der Waals surface area contributed by atoms with Crippen LogP contribution < -0.4 is 10.5 Å². The normalized spacial score (nSPS) is 11.8. The van der Waals surface area contributed by atoms with Crippen molar-refractivity contribution in [2.45, 2.75) is 45.4 Å². The summed E-state index contributed by atoms with van der Waals surface area (Å²) in [4.78, 5) is 11.1. The number of carboxylic acids is 1. The highest BCUT2D eigenvalue weighted by molar-refractivity contribution is 5.71. The van der Waals surface area contributed by atoms with Gasteiger partial charge in [-0.25, -0.2) is 0 Å². The third-order valence-electron chi connectivity index (χ3n) is 5.19. The van der Waals surface area contributed by atoms with Crippen LogP contribution >= 0.6 is 0 Å². The van der Waals surface area contributed by atoms with Crippen molar-refractivity contribution >= 4 is 5.97 Å². The third-order valence-corrected chi connectivity index (χ3v) is 5.19. The summed E-state index contributed by atoms with van der Waals surface area (Å²) in [6.07, 6.45) is 1.86. The lowest BCUT2D eigenvalue weighted by Gasteiger charge is -2.15. The highest BCUT2D eigenvalue weighted by atomic mass is 16.5. The summed E-state index contributed by atoms with van der Waals surface area (Å²) in [6.45, 7) is 2.31. The fourth-order valence-corrected chi connectivity index (χ4v) is 3.65. The van der Waals surface area contributed by atoms with Crippen molar-refractivity contribution in [2.75, 3.05) is 0 Å². The summed E-state index contributed by atoms with van der Waals surface area (Å²) in [6, 6.07) is 21.2. The Morgan fingerprint density at radius 2 is 1.77 bits per heavy atom. The molecule has 0 bridgehead atoms. The number of rotatable bonds is 10. The lowest BCUT2D eigenvalue weighted by atomic mass is 9.95. The average Bonchev–Trinajstić information content (AvgIpc) is 2.78. The molecule has 0 heterocycles. The first-order chi connectivity index (χ1) is 15.0. The summed E-state index contributed by atoms with van der Waals surface area (Å²) < 4.78 is 5.94. The van der Waals surface area contributed by atoms with E-state index in [1.54, 1.807) is 18.2 Å². The van der Waals surface area contributed by atoms with E-state index in [9.17, 15) is 9.90 Å². The summed E-state index contributed by atoms with van der Waals surface area (Å²) in [5.74, 6) is -0.352. The Labute approximate surface area is 183 Å². The second kappa shape index (κ2) is 10.8. The van der Waals surface area contributed by atoms with Crippen LogP contribution in [0, 0.1) is 0 Å². The number of aliphatic hydroxyl groups is 1. The van der Waals surface area contributed by atoms with Gasteiger partial charge in [0.2, 0.25) is 0 Å². The minimum atomic E-state index is -0.901. The van der Waals surface area contributed by atoms with E-state index in [1.807, 2.05) is 42.5 Å². The Kier molecular flexibility index (Phi) is 7.82. The summed E-state index contributed by atoms with van der Waals surface area (Å²) in [5, 5.41) is 18.9. The zero-order valence-electron chi connectivity index (χ0n) is 17.8. The number of nitrogens with two attached hydrogens (primary N) is 1. The molecule has 0 aliphatic heterocycles. The quantitative estimate of drug-likeness (QED) is 0.437. The lowest BCUT2D eigenvalue weighted by molar-refractivity contribution is -0.136. The molecule has 0 saturated carbocycles. The van der Waals surface area contributed by atoms with Gasteiger partial charge in [0.05, 0.1) is 13.0 Å². The molecule has 5 heteroatoms. The second-order valence-electron chi connectivity index (χ2n) is 7.68. The van der Waals surface area contributed by atoms with E-state index in [4.69, 9.17) is 15.6 Å². The van der Waals surface area contributed by atoms with Gasteiger partial charge >= 0.3 is 5.97 Å². The van der Waals surface area contributed by atoms with Gasteiger partial charge in [-0.15, -0.1) is 0 Å². The zero-order chi connectivity index (χ0) is 22.2. The number of aliphatic hydroxyl groups excluding tert-OH is 1. The van der Waals surface area contributed by atoms with Gasteiger partial charge in [0.25, 0.3) is 0 Å². The van der Waals surface area contributed by atoms with Crippen LogP contribution in [0.4, 0.5) is 0 Å². The first-order valence-electron chi connectivity index (χ1n) is 10.5. The van der Waals surface area contributed by atoms with Gasteiger partial charge < -0.3 is 20.7 Å². The molecular formula is C26H29NO4. The van der Waals surface area contributed by atoms with Gasteiger partial charge in [-0.2, -0.15) is 0 Å². The highest BCUT2D eigenvalue weighted by Crippen LogP contribution is 2.27. The summed E-state index contributed by atoms with van der Waals surface area (Å²) in [5.41, 5.74) is 11.7. The van der Waals surface area contributed by atoms with Crippen LogP contribution in [-0.2, 0) is 24.4 Å². The molecule has 0 spiro atoms. The standard InChI is InChI=1S/C26H29NO4/c1-2-6-24(27)21-9-5-8-20(14-21)23-12-18(16-28)11-19(13-23)17-31-25-10-4-3-7-22(25)15-26(29)30/h3-5,7-14,24,28H,2,6,15-17,27H2,1H3,(H,29,30)/t24-/m1/s1. The van der Waals surface area contributed by atoms with Crippen LogP contribution in [0.15, 0.2) is 66.7 Å². The molecule has 31 heavy (non-hydrogen) atoms. The highest BCUT2D eigenvalue weighted by Gasteiger charge is 2.10. The first-order valence-corrected chi connectivity index (χ1v) is 10.5. The molecule has 0 aromatic heterocycles. The molecular weight excluding hydrogens is 390 g/mol. The Hall–Kier alpha value is -3.15. The van der Waals surface area contributed by atoms with Crippen LogP contribution in [0.2, 0.25) is 0 Å². The molecule has 1 atom stereocenters. The van der Waals surface area contributed by atoms with Gasteiger partial charge in [0.15, 0.2) is 0 Å². The second-order valence-corrected chi connectivity index (χ2v) is 7.68. The first kappa shape index (κ1) is 22.5. The Bertz CT molecular complexity index is 1030. The fraction of sp³-hybridized carbons (Fsp3) is 0.269. The molecule has 0 unspecified atom stereocenters. The smallest absolute Gasteiger partial charge is 0.307 e. The van der Waals surface area contributed by atoms with Gasteiger partial charge in [-0.1, -0.05) is 55.8 Å². The van der Waals surface area contributed by atoms with E-state index in [0.29, 0.717) is 11.3 Å². The number of hydrogen-bond acceptors (Lipinski definition) is 4. The average molecular weight is 420 g/mol. The number of ether oxygens (including phenoxy) is 1. The molecule has 3 aromatic carbocycles. The van der Waals surface area contributed by atoms with Crippen LogP contribution in [0.5, 0.6) is 5.75 Å². The monoisotopic (exact) mass is 419 g/mol. The van der Waals surface area contributed by atoms with Gasteiger partial charge in [-0.05, 0) is 58.5 Å². The van der Waals surface area contributed by atoms with E-state index in [2.05, 4.69) is 13.0 Å². The van der Waals surface area contributed by atoms with E-state index in [0.717, 1.165) is 40.7 Å². The van der Waals surface area contributed by atoms with Gasteiger partial charge in [0, 0.05) is 11.6 Å². The van der Waals surface area contributed by atoms with Gasteiger partial charge in [-0.3, -0.25) is 4.79 Å². The molecule has 0 saturated heterocycles. The number of benzene rings is 3. The van der Waals surface area contributed by atoms with E-state index in [-0.39, 0.29) is 25.7 Å². The molecule has 5 nitrogen and oxygen atoms in total. The van der Waals surface area contributed by atoms with E-state index < -0.39 is 5.97 Å². The van der Waals surface area contributed by atoms with Crippen LogP contribution in [0.1, 0.15) is 48.1 Å². The molecule has 4 N–H and O–H groups in total. The lowest BCUT2D eigenvalue weighted by Crippen LogP contribution is -2.09. The maximum Gasteiger partial charge on any atom is 0.307 e. The molecule has 0 amide bonds. The van der Waals surface area contributed by atoms with Crippen molar-refractivity contribution in [3.63, 3.8) is 0 Å².